The van der Waals surface area contributed by atoms with Gasteiger partial charge in [0.05, 0.1) is 4.90 Å². The van der Waals surface area contributed by atoms with Crippen LogP contribution in [0.15, 0.2) is 17.0 Å². The van der Waals surface area contributed by atoms with Crippen molar-refractivity contribution < 1.29 is 13.2 Å². The molecule has 0 aliphatic carbocycles. The van der Waals surface area contributed by atoms with Gasteiger partial charge in [-0.15, -0.1) is 0 Å². The second kappa shape index (κ2) is 4.72. The van der Waals surface area contributed by atoms with E-state index in [2.05, 4.69) is 0 Å². The number of carbonyl (C=O) groups is 1. The zero-order valence-electron chi connectivity index (χ0n) is 9.61. The van der Waals surface area contributed by atoms with E-state index in [9.17, 15) is 13.2 Å². The van der Waals surface area contributed by atoms with Crippen LogP contribution in [0.4, 0.5) is 0 Å². The van der Waals surface area contributed by atoms with Crippen LogP contribution in [0.25, 0.3) is 0 Å². The summed E-state index contributed by atoms with van der Waals surface area (Å²) in [7, 11) is 1.49. The van der Waals surface area contributed by atoms with Gasteiger partial charge in [0.15, 0.2) is 0 Å². The lowest BCUT2D eigenvalue weighted by atomic mass is 10.00. The van der Waals surface area contributed by atoms with Crippen molar-refractivity contribution in [2.75, 3.05) is 6.54 Å². The zero-order chi connectivity index (χ0) is 13.5. The Morgan fingerprint density at radius 2 is 2.06 bits per heavy atom. The minimum Gasteiger partial charge on any atom is -0.338 e. The third kappa shape index (κ3) is 2.63. The van der Waals surface area contributed by atoms with Crippen molar-refractivity contribution in [1.29, 1.82) is 0 Å². The van der Waals surface area contributed by atoms with Crippen molar-refractivity contribution in [3.63, 3.8) is 0 Å². The predicted octanol–water partition coefficient (Wildman–Crippen LogP) is 2.17. The van der Waals surface area contributed by atoms with Crippen LogP contribution in [0.2, 0.25) is 5.02 Å². The van der Waals surface area contributed by atoms with Crippen LogP contribution in [-0.2, 0) is 26.8 Å². The molecule has 1 aliphatic rings. The van der Waals surface area contributed by atoms with Gasteiger partial charge >= 0.3 is 0 Å². The first-order chi connectivity index (χ1) is 8.29. The highest BCUT2D eigenvalue weighted by Crippen LogP contribution is 2.30. The third-order valence-corrected chi connectivity index (χ3v) is 4.65. The summed E-state index contributed by atoms with van der Waals surface area (Å²) < 4.78 is 22.6. The number of hydrogen-bond acceptors (Lipinski definition) is 3. The van der Waals surface area contributed by atoms with Crippen molar-refractivity contribution in [1.82, 2.24) is 4.90 Å². The van der Waals surface area contributed by atoms with Crippen LogP contribution in [0.3, 0.4) is 0 Å². The van der Waals surface area contributed by atoms with Gasteiger partial charge in [-0.2, -0.15) is 0 Å². The quantitative estimate of drug-likeness (QED) is 0.747. The molecule has 98 valence electrons. The highest BCUT2D eigenvalue weighted by Gasteiger charge is 2.23. The van der Waals surface area contributed by atoms with Crippen LogP contribution >= 0.6 is 22.3 Å². The van der Waals surface area contributed by atoms with Crippen molar-refractivity contribution in [3.05, 3.63) is 28.3 Å². The fourth-order valence-electron chi connectivity index (χ4n) is 2.03. The van der Waals surface area contributed by atoms with E-state index >= 15 is 0 Å². The molecular formula is C11H11Cl2NO3S. The standard InChI is InChI=1S/C11H11Cl2NO3S/c1-7(15)14-3-2-10-8(6-14)4-9(5-11(10)12)18(13,16)17/h4-5H,2-3,6H2,1H3. The maximum Gasteiger partial charge on any atom is 0.261 e. The van der Waals surface area contributed by atoms with E-state index in [0.29, 0.717) is 24.5 Å². The van der Waals surface area contributed by atoms with Crippen molar-refractivity contribution in [2.24, 2.45) is 0 Å². The summed E-state index contributed by atoms with van der Waals surface area (Å²) in [5.41, 5.74) is 1.63. The third-order valence-electron chi connectivity index (χ3n) is 2.98. The molecule has 0 saturated heterocycles. The first kappa shape index (κ1) is 13.6. The van der Waals surface area contributed by atoms with Crippen LogP contribution < -0.4 is 0 Å². The van der Waals surface area contributed by atoms with Crippen LogP contribution in [0, 0.1) is 0 Å². The molecule has 2 rings (SSSR count). The second-order valence-corrected chi connectivity index (χ2v) is 7.14. The van der Waals surface area contributed by atoms with E-state index in [1.165, 1.54) is 19.1 Å². The number of nitrogens with zero attached hydrogens (tertiary/aromatic N) is 1. The number of benzene rings is 1. The Kier molecular flexibility index (Phi) is 3.58. The number of halogens is 2. The van der Waals surface area contributed by atoms with Gasteiger partial charge < -0.3 is 4.90 Å². The van der Waals surface area contributed by atoms with Crippen molar-refractivity contribution in [2.45, 2.75) is 24.8 Å². The van der Waals surface area contributed by atoms with Crippen molar-refractivity contribution >= 4 is 37.2 Å². The molecule has 0 fully saturated rings. The van der Waals surface area contributed by atoms with Crippen molar-refractivity contribution in [3.8, 4) is 0 Å². The fourth-order valence-corrected chi connectivity index (χ4v) is 3.23. The van der Waals surface area contributed by atoms with Crippen LogP contribution in [0.1, 0.15) is 18.1 Å². The first-order valence-corrected chi connectivity index (χ1v) is 7.99. The number of hydrogen-bond donors (Lipinski definition) is 0. The SMILES string of the molecule is CC(=O)N1CCc2c(Cl)cc(S(=O)(=O)Cl)cc2C1. The zero-order valence-corrected chi connectivity index (χ0v) is 11.9. The molecule has 1 heterocycles. The molecule has 0 spiro atoms. The summed E-state index contributed by atoms with van der Waals surface area (Å²) in [5.74, 6) is -0.0455. The van der Waals surface area contributed by atoms with Gasteiger partial charge in [-0.05, 0) is 29.7 Å². The Labute approximate surface area is 115 Å². The lowest BCUT2D eigenvalue weighted by Crippen LogP contribution is -2.34. The molecule has 1 aromatic rings. The Hall–Kier alpha value is -0.780. The molecule has 0 unspecified atom stereocenters. The number of carbonyl (C=O) groups excluding carboxylic acids is 1. The molecule has 0 atom stereocenters. The smallest absolute Gasteiger partial charge is 0.261 e. The summed E-state index contributed by atoms with van der Waals surface area (Å²) >= 11 is 6.05. The van der Waals surface area contributed by atoms with Gasteiger partial charge in [0, 0.05) is 35.7 Å². The molecule has 7 heteroatoms. The van der Waals surface area contributed by atoms with E-state index in [-0.39, 0.29) is 10.8 Å². The average molecular weight is 308 g/mol. The Morgan fingerprint density at radius 1 is 1.39 bits per heavy atom. The minimum atomic E-state index is -3.81. The maximum atomic E-state index is 11.3. The van der Waals surface area contributed by atoms with E-state index < -0.39 is 9.05 Å². The van der Waals surface area contributed by atoms with Gasteiger partial charge in [-0.25, -0.2) is 8.42 Å². The molecule has 4 nitrogen and oxygen atoms in total. The predicted molar refractivity (Wildman–Crippen MR) is 69.3 cm³/mol. The van der Waals surface area contributed by atoms with E-state index in [0.717, 1.165) is 11.1 Å². The number of rotatable bonds is 1. The Balaban J connectivity index is 2.49. The average Bonchev–Trinajstić information content (AvgIpc) is 2.26. The Morgan fingerprint density at radius 3 is 2.61 bits per heavy atom. The summed E-state index contributed by atoms with van der Waals surface area (Å²) in [6.07, 6.45) is 0.621. The highest BCUT2D eigenvalue weighted by atomic mass is 35.7. The lowest BCUT2D eigenvalue weighted by molar-refractivity contribution is -0.129. The summed E-state index contributed by atoms with van der Waals surface area (Å²) in [5, 5.41) is 0.384. The molecule has 1 aliphatic heterocycles. The van der Waals surface area contributed by atoms with Crippen LogP contribution in [-0.4, -0.2) is 25.8 Å². The van der Waals surface area contributed by atoms with E-state index in [1.54, 1.807) is 4.90 Å². The molecule has 1 amide bonds. The van der Waals surface area contributed by atoms with Crippen LogP contribution in [0.5, 0.6) is 0 Å². The highest BCUT2D eigenvalue weighted by molar-refractivity contribution is 8.13. The maximum absolute atomic E-state index is 11.3. The largest absolute Gasteiger partial charge is 0.338 e. The minimum absolute atomic E-state index is 0.0293. The molecule has 18 heavy (non-hydrogen) atoms. The monoisotopic (exact) mass is 307 g/mol. The summed E-state index contributed by atoms with van der Waals surface area (Å²) in [6.45, 7) is 2.44. The van der Waals surface area contributed by atoms with E-state index in [1.807, 2.05) is 0 Å². The van der Waals surface area contributed by atoms with Gasteiger partial charge in [-0.1, -0.05) is 11.6 Å². The summed E-state index contributed by atoms with van der Waals surface area (Å²) in [6, 6.07) is 2.84. The summed E-state index contributed by atoms with van der Waals surface area (Å²) in [4.78, 5) is 12.9. The lowest BCUT2D eigenvalue weighted by Gasteiger charge is -2.28. The molecule has 0 saturated carbocycles. The van der Waals surface area contributed by atoms with Gasteiger partial charge in [0.25, 0.3) is 9.05 Å². The molecule has 0 aromatic heterocycles. The second-order valence-electron chi connectivity index (χ2n) is 4.17. The fraction of sp³-hybridized carbons (Fsp3) is 0.364. The normalized spacial score (nSPS) is 15.4. The number of amides is 1. The topological polar surface area (TPSA) is 54.5 Å². The first-order valence-electron chi connectivity index (χ1n) is 5.30. The molecule has 0 bridgehead atoms. The molecule has 1 aromatic carbocycles. The number of fused-ring (bicyclic) bond motifs is 1. The molecule has 0 N–H and O–H groups in total. The molecular weight excluding hydrogens is 297 g/mol. The van der Waals surface area contributed by atoms with Gasteiger partial charge in [-0.3, -0.25) is 4.79 Å². The Bertz CT molecular complexity index is 613. The van der Waals surface area contributed by atoms with E-state index in [4.69, 9.17) is 22.3 Å². The van der Waals surface area contributed by atoms with Gasteiger partial charge in [0.1, 0.15) is 0 Å². The van der Waals surface area contributed by atoms with Gasteiger partial charge in [0.2, 0.25) is 5.91 Å². The molecule has 0 radical (unpaired) electrons.